The lowest BCUT2D eigenvalue weighted by Crippen LogP contribution is -2.42. The maximum atomic E-state index is 12.2. The van der Waals surface area contributed by atoms with E-state index in [1.165, 1.54) is 0 Å². The fourth-order valence-corrected chi connectivity index (χ4v) is 2.07. The lowest BCUT2D eigenvalue weighted by atomic mass is 10.1. The van der Waals surface area contributed by atoms with Gasteiger partial charge in [0.05, 0.1) is 18.3 Å². The minimum Gasteiger partial charge on any atom is -0.508 e. The van der Waals surface area contributed by atoms with Crippen molar-refractivity contribution in [3.63, 3.8) is 0 Å². The topological polar surface area (TPSA) is 79.5 Å². The van der Waals surface area contributed by atoms with Gasteiger partial charge < -0.3 is 15.7 Å². The van der Waals surface area contributed by atoms with E-state index in [4.69, 9.17) is 5.73 Å². The van der Waals surface area contributed by atoms with Crippen molar-refractivity contribution in [1.29, 1.82) is 0 Å². The van der Waals surface area contributed by atoms with E-state index in [2.05, 4.69) is 4.98 Å². The highest BCUT2D eigenvalue weighted by molar-refractivity contribution is 5.81. The van der Waals surface area contributed by atoms with Gasteiger partial charge in [-0.25, -0.2) is 0 Å². The average Bonchev–Trinajstić information content (AvgIpc) is 2.49. The lowest BCUT2D eigenvalue weighted by Gasteiger charge is -2.21. The SMILES string of the molecule is CN(Cc1ccccn1)C(=O)[C@H](N)Cc1ccc(O)cc1. The Morgan fingerprint density at radius 3 is 2.62 bits per heavy atom. The maximum absolute atomic E-state index is 12.2. The molecule has 5 heteroatoms. The van der Waals surface area contributed by atoms with Gasteiger partial charge in [-0.3, -0.25) is 9.78 Å². The highest BCUT2D eigenvalue weighted by Gasteiger charge is 2.18. The third-order valence-electron chi connectivity index (χ3n) is 3.21. The zero-order valence-corrected chi connectivity index (χ0v) is 11.9. The molecule has 0 aliphatic carbocycles. The summed E-state index contributed by atoms with van der Waals surface area (Å²) < 4.78 is 0. The number of phenols is 1. The Bertz CT molecular complexity index is 584. The molecule has 1 aromatic heterocycles. The number of hydrogen-bond acceptors (Lipinski definition) is 4. The number of aromatic hydroxyl groups is 1. The largest absolute Gasteiger partial charge is 0.508 e. The zero-order chi connectivity index (χ0) is 15.2. The Morgan fingerprint density at radius 2 is 2.00 bits per heavy atom. The van der Waals surface area contributed by atoms with Gasteiger partial charge in [-0.15, -0.1) is 0 Å². The minimum atomic E-state index is -0.608. The molecule has 110 valence electrons. The molecule has 0 unspecified atom stereocenters. The quantitative estimate of drug-likeness (QED) is 0.868. The van der Waals surface area contributed by atoms with Crippen LogP contribution in [-0.2, 0) is 17.8 Å². The number of pyridine rings is 1. The van der Waals surface area contributed by atoms with Crippen molar-refractivity contribution < 1.29 is 9.90 Å². The Labute approximate surface area is 124 Å². The molecule has 1 heterocycles. The molecule has 0 aliphatic heterocycles. The van der Waals surface area contributed by atoms with Gasteiger partial charge in [-0.1, -0.05) is 18.2 Å². The molecular formula is C16H19N3O2. The van der Waals surface area contributed by atoms with Crippen LogP contribution in [0.5, 0.6) is 5.75 Å². The summed E-state index contributed by atoms with van der Waals surface area (Å²) in [7, 11) is 1.72. The highest BCUT2D eigenvalue weighted by atomic mass is 16.3. The van der Waals surface area contributed by atoms with Gasteiger partial charge >= 0.3 is 0 Å². The van der Waals surface area contributed by atoms with E-state index in [1.54, 1.807) is 42.4 Å². The van der Waals surface area contributed by atoms with Crippen molar-refractivity contribution in [3.05, 3.63) is 59.9 Å². The fourth-order valence-electron chi connectivity index (χ4n) is 2.07. The third kappa shape index (κ3) is 4.29. The first kappa shape index (κ1) is 15.0. The van der Waals surface area contributed by atoms with Crippen molar-refractivity contribution in [3.8, 4) is 5.75 Å². The minimum absolute atomic E-state index is 0.131. The van der Waals surface area contributed by atoms with Gasteiger partial charge in [0.25, 0.3) is 0 Å². The normalized spacial score (nSPS) is 11.9. The number of amides is 1. The average molecular weight is 285 g/mol. The first-order valence-electron chi connectivity index (χ1n) is 6.74. The van der Waals surface area contributed by atoms with Crippen LogP contribution < -0.4 is 5.73 Å². The molecule has 21 heavy (non-hydrogen) atoms. The second-order valence-electron chi connectivity index (χ2n) is 4.99. The van der Waals surface area contributed by atoms with Crippen LogP contribution in [0.4, 0.5) is 0 Å². The molecule has 2 rings (SSSR count). The highest BCUT2D eigenvalue weighted by Crippen LogP contribution is 2.11. The lowest BCUT2D eigenvalue weighted by molar-refractivity contribution is -0.131. The van der Waals surface area contributed by atoms with Gasteiger partial charge in [0.15, 0.2) is 0 Å². The first-order valence-corrected chi connectivity index (χ1v) is 6.74. The van der Waals surface area contributed by atoms with Crippen LogP contribution in [0, 0.1) is 0 Å². The van der Waals surface area contributed by atoms with Gasteiger partial charge in [-0.05, 0) is 36.2 Å². The molecule has 1 aromatic carbocycles. The summed E-state index contributed by atoms with van der Waals surface area (Å²) in [6, 6.07) is 11.7. The van der Waals surface area contributed by atoms with Crippen LogP contribution in [0.3, 0.4) is 0 Å². The van der Waals surface area contributed by atoms with E-state index in [-0.39, 0.29) is 11.7 Å². The summed E-state index contributed by atoms with van der Waals surface area (Å²) in [5.74, 6) is 0.0691. The Hall–Kier alpha value is -2.40. The molecule has 3 N–H and O–H groups in total. The van der Waals surface area contributed by atoms with E-state index in [9.17, 15) is 9.90 Å². The molecule has 0 aliphatic rings. The van der Waals surface area contributed by atoms with Crippen LogP contribution in [0.15, 0.2) is 48.7 Å². The monoisotopic (exact) mass is 285 g/mol. The number of phenolic OH excluding ortho intramolecular Hbond substituents is 1. The van der Waals surface area contributed by atoms with Crippen LogP contribution in [-0.4, -0.2) is 34.0 Å². The number of aromatic nitrogens is 1. The summed E-state index contributed by atoms with van der Waals surface area (Å²) in [6.45, 7) is 0.433. The van der Waals surface area contributed by atoms with Crippen molar-refractivity contribution in [1.82, 2.24) is 9.88 Å². The summed E-state index contributed by atoms with van der Waals surface area (Å²) in [5, 5.41) is 9.24. The van der Waals surface area contributed by atoms with Crippen molar-refractivity contribution in [2.75, 3.05) is 7.05 Å². The van der Waals surface area contributed by atoms with Crippen molar-refractivity contribution >= 4 is 5.91 Å². The van der Waals surface area contributed by atoms with Gasteiger partial charge in [0.1, 0.15) is 5.75 Å². The Balaban J connectivity index is 1.93. The van der Waals surface area contributed by atoms with E-state index in [0.29, 0.717) is 13.0 Å². The summed E-state index contributed by atoms with van der Waals surface area (Å²) in [4.78, 5) is 18.0. The number of hydrogen-bond donors (Lipinski definition) is 2. The number of carbonyl (C=O) groups excluding carboxylic acids is 1. The number of rotatable bonds is 5. The van der Waals surface area contributed by atoms with Gasteiger partial charge in [-0.2, -0.15) is 0 Å². The molecule has 0 saturated heterocycles. The Morgan fingerprint density at radius 1 is 1.29 bits per heavy atom. The Kier molecular flexibility index (Phi) is 4.90. The first-order chi connectivity index (χ1) is 10.1. The van der Waals surface area contributed by atoms with Gasteiger partial charge in [0, 0.05) is 13.2 Å². The van der Waals surface area contributed by atoms with Gasteiger partial charge in [0.2, 0.25) is 5.91 Å². The number of carbonyl (C=O) groups is 1. The van der Waals surface area contributed by atoms with E-state index >= 15 is 0 Å². The maximum Gasteiger partial charge on any atom is 0.239 e. The second-order valence-corrected chi connectivity index (χ2v) is 4.99. The smallest absolute Gasteiger partial charge is 0.239 e. The van der Waals surface area contributed by atoms with E-state index < -0.39 is 6.04 Å². The second kappa shape index (κ2) is 6.85. The molecule has 5 nitrogen and oxygen atoms in total. The zero-order valence-electron chi connectivity index (χ0n) is 11.9. The standard InChI is InChI=1S/C16H19N3O2/c1-19(11-13-4-2-3-9-18-13)16(21)15(17)10-12-5-7-14(20)8-6-12/h2-9,15,20H,10-11,17H2,1H3/t15-/m1/s1. The molecule has 0 radical (unpaired) electrons. The molecule has 0 fully saturated rings. The molecule has 1 atom stereocenters. The number of nitrogens with two attached hydrogens (primary N) is 1. The predicted molar refractivity (Wildman–Crippen MR) is 80.5 cm³/mol. The molecule has 0 saturated carbocycles. The predicted octanol–water partition coefficient (Wildman–Crippen LogP) is 1.32. The van der Waals surface area contributed by atoms with Crippen LogP contribution in [0.1, 0.15) is 11.3 Å². The summed E-state index contributed by atoms with van der Waals surface area (Å²) in [6.07, 6.45) is 2.13. The van der Waals surface area contributed by atoms with E-state index in [1.807, 2.05) is 18.2 Å². The van der Waals surface area contributed by atoms with Crippen molar-refractivity contribution in [2.45, 2.75) is 19.0 Å². The van der Waals surface area contributed by atoms with Crippen LogP contribution >= 0.6 is 0 Å². The van der Waals surface area contributed by atoms with Crippen molar-refractivity contribution in [2.24, 2.45) is 5.73 Å². The molecular weight excluding hydrogens is 266 g/mol. The molecule has 0 bridgehead atoms. The number of benzene rings is 1. The van der Waals surface area contributed by atoms with Crippen LogP contribution in [0.2, 0.25) is 0 Å². The van der Waals surface area contributed by atoms with E-state index in [0.717, 1.165) is 11.3 Å². The van der Waals surface area contributed by atoms with Crippen LogP contribution in [0.25, 0.3) is 0 Å². The number of likely N-dealkylation sites (N-methyl/N-ethyl adjacent to an activating group) is 1. The fraction of sp³-hybridized carbons (Fsp3) is 0.250. The number of nitrogens with zero attached hydrogens (tertiary/aromatic N) is 2. The third-order valence-corrected chi connectivity index (χ3v) is 3.21. The summed E-state index contributed by atoms with van der Waals surface area (Å²) in [5.41, 5.74) is 7.71. The summed E-state index contributed by atoms with van der Waals surface area (Å²) >= 11 is 0. The molecule has 0 spiro atoms. The molecule has 1 amide bonds. The molecule has 2 aromatic rings.